The van der Waals surface area contributed by atoms with E-state index < -0.39 is 0 Å². The Morgan fingerprint density at radius 1 is 1.12 bits per heavy atom. The molecule has 0 amide bonds. The second-order valence-electron chi connectivity index (χ2n) is 8.42. The van der Waals surface area contributed by atoms with Crippen molar-refractivity contribution in [2.45, 2.75) is 18.9 Å². The molecule has 0 aliphatic carbocycles. The molecule has 2 aliphatic rings. The number of methoxy groups -OCH3 is 1. The van der Waals surface area contributed by atoms with E-state index in [4.69, 9.17) is 4.74 Å². The van der Waals surface area contributed by atoms with Crippen LogP contribution in [0.4, 0.5) is 5.82 Å². The van der Waals surface area contributed by atoms with E-state index >= 15 is 0 Å². The lowest BCUT2D eigenvalue weighted by Gasteiger charge is -2.33. The van der Waals surface area contributed by atoms with Gasteiger partial charge in [0, 0.05) is 65.0 Å². The first-order valence-corrected chi connectivity index (χ1v) is 11.1. The Morgan fingerprint density at radius 2 is 1.88 bits per heavy atom. The Bertz CT molecular complexity index is 882. The van der Waals surface area contributed by atoms with E-state index in [9.17, 15) is 0 Å². The van der Waals surface area contributed by atoms with E-state index in [1.54, 1.807) is 7.11 Å². The number of piperazine rings is 1. The van der Waals surface area contributed by atoms with E-state index in [1.807, 2.05) is 25.4 Å². The molecule has 8 heteroatoms. The van der Waals surface area contributed by atoms with Gasteiger partial charge in [-0.3, -0.25) is 4.99 Å². The third-order valence-electron chi connectivity index (χ3n) is 6.37. The minimum absolute atomic E-state index is 0. The van der Waals surface area contributed by atoms with Gasteiger partial charge in [0.25, 0.3) is 0 Å². The molecule has 0 spiro atoms. The predicted molar refractivity (Wildman–Crippen MR) is 141 cm³/mol. The fraction of sp³-hybridized carbons (Fsp3) is 0.500. The third kappa shape index (κ3) is 6.04. The molecule has 2 aliphatic heterocycles. The average molecular weight is 550 g/mol. The van der Waals surface area contributed by atoms with Gasteiger partial charge >= 0.3 is 0 Å². The number of likely N-dealkylation sites (N-methyl/N-ethyl adjacent to an activating group) is 1. The molecular weight excluding hydrogens is 515 g/mol. The summed E-state index contributed by atoms with van der Waals surface area (Å²) in [5.74, 6) is 3.47. The van der Waals surface area contributed by atoms with Crippen molar-refractivity contribution in [2.75, 3.05) is 65.4 Å². The summed E-state index contributed by atoms with van der Waals surface area (Å²) in [7, 11) is 5.75. The summed E-state index contributed by atoms with van der Waals surface area (Å²) in [5.41, 5.74) is 2.60. The van der Waals surface area contributed by atoms with Crippen LogP contribution in [-0.2, 0) is 6.54 Å². The van der Waals surface area contributed by atoms with Crippen LogP contribution in [0, 0.1) is 0 Å². The fourth-order valence-corrected chi connectivity index (χ4v) is 4.39. The number of hydrogen-bond donors (Lipinski definition) is 1. The monoisotopic (exact) mass is 550 g/mol. The Labute approximate surface area is 208 Å². The minimum atomic E-state index is 0. The zero-order valence-corrected chi connectivity index (χ0v) is 21.7. The molecule has 2 fully saturated rings. The summed E-state index contributed by atoms with van der Waals surface area (Å²) in [6.07, 6.45) is 3.05. The largest absolute Gasteiger partial charge is 0.497 e. The molecule has 2 aromatic rings. The number of aliphatic imine (C=N–C) groups is 1. The second kappa shape index (κ2) is 11.7. The van der Waals surface area contributed by atoms with Crippen LogP contribution in [0.15, 0.2) is 47.6 Å². The number of nitrogens with one attached hydrogen (secondary N) is 1. The van der Waals surface area contributed by atoms with Crippen LogP contribution < -0.4 is 15.0 Å². The van der Waals surface area contributed by atoms with Gasteiger partial charge in [0.15, 0.2) is 5.96 Å². The van der Waals surface area contributed by atoms with Crippen LogP contribution in [-0.4, -0.2) is 81.2 Å². The van der Waals surface area contributed by atoms with Crippen LogP contribution in [0.25, 0.3) is 0 Å². The number of halogens is 1. The van der Waals surface area contributed by atoms with Crippen LogP contribution >= 0.6 is 24.0 Å². The van der Waals surface area contributed by atoms with Crippen molar-refractivity contribution in [3.63, 3.8) is 0 Å². The van der Waals surface area contributed by atoms with Crippen LogP contribution in [0.5, 0.6) is 5.75 Å². The molecule has 1 aromatic carbocycles. The lowest BCUT2D eigenvalue weighted by Crippen LogP contribution is -2.44. The number of anilines is 1. The number of guanidine groups is 1. The quantitative estimate of drug-likeness (QED) is 0.351. The molecule has 0 saturated carbocycles. The van der Waals surface area contributed by atoms with E-state index in [1.165, 1.54) is 11.1 Å². The van der Waals surface area contributed by atoms with Gasteiger partial charge in [0.1, 0.15) is 11.6 Å². The Balaban J connectivity index is 0.00000289. The number of likely N-dealkylation sites (tertiary alicyclic amines) is 1. The van der Waals surface area contributed by atoms with Crippen molar-refractivity contribution >= 4 is 35.8 Å². The number of hydrogen-bond acceptors (Lipinski definition) is 5. The molecule has 1 N–H and O–H groups in total. The summed E-state index contributed by atoms with van der Waals surface area (Å²) in [4.78, 5) is 16.2. The first-order chi connectivity index (χ1) is 15.2. The molecule has 4 rings (SSSR count). The van der Waals surface area contributed by atoms with Gasteiger partial charge in [0.2, 0.25) is 0 Å². The van der Waals surface area contributed by atoms with Gasteiger partial charge in [0.05, 0.1) is 7.11 Å². The Hall–Kier alpha value is -2.07. The SMILES string of the molecule is CN=C(NCc1ccnc(N2CCN(C)CC2)c1)N1CCC(c2ccc(OC)cc2)C1.I. The highest BCUT2D eigenvalue weighted by Crippen LogP contribution is 2.28. The molecule has 0 radical (unpaired) electrons. The van der Waals surface area contributed by atoms with Crippen molar-refractivity contribution in [1.29, 1.82) is 0 Å². The fourth-order valence-electron chi connectivity index (χ4n) is 4.39. The van der Waals surface area contributed by atoms with Crippen LogP contribution in [0.1, 0.15) is 23.5 Å². The van der Waals surface area contributed by atoms with Gasteiger partial charge < -0.3 is 24.8 Å². The maximum Gasteiger partial charge on any atom is 0.193 e. The van der Waals surface area contributed by atoms with Crippen molar-refractivity contribution in [3.8, 4) is 5.75 Å². The summed E-state index contributed by atoms with van der Waals surface area (Å²) in [5, 5.41) is 3.56. The lowest BCUT2D eigenvalue weighted by molar-refractivity contribution is 0.312. The first kappa shape index (κ1) is 24.6. The molecule has 1 atom stereocenters. The number of rotatable bonds is 5. The van der Waals surface area contributed by atoms with Crippen LogP contribution in [0.2, 0.25) is 0 Å². The van der Waals surface area contributed by atoms with Crippen LogP contribution in [0.3, 0.4) is 0 Å². The van der Waals surface area contributed by atoms with Gasteiger partial charge in [-0.05, 0) is 48.9 Å². The first-order valence-electron chi connectivity index (χ1n) is 11.1. The smallest absolute Gasteiger partial charge is 0.193 e. The minimum Gasteiger partial charge on any atom is -0.497 e. The Kier molecular flexibility index (Phi) is 8.98. The zero-order valence-electron chi connectivity index (χ0n) is 19.3. The number of benzene rings is 1. The van der Waals surface area contributed by atoms with Gasteiger partial charge in [-0.15, -0.1) is 24.0 Å². The maximum atomic E-state index is 5.29. The van der Waals surface area contributed by atoms with E-state index in [-0.39, 0.29) is 24.0 Å². The summed E-state index contributed by atoms with van der Waals surface area (Å²) in [6, 6.07) is 12.7. The average Bonchev–Trinajstić information content (AvgIpc) is 3.30. The molecule has 2 saturated heterocycles. The molecule has 7 nitrogen and oxygen atoms in total. The molecule has 3 heterocycles. The van der Waals surface area contributed by atoms with Crippen molar-refractivity contribution < 1.29 is 4.74 Å². The summed E-state index contributed by atoms with van der Waals surface area (Å²) >= 11 is 0. The molecule has 174 valence electrons. The summed E-state index contributed by atoms with van der Waals surface area (Å²) < 4.78 is 5.29. The highest BCUT2D eigenvalue weighted by molar-refractivity contribution is 14.0. The predicted octanol–water partition coefficient (Wildman–Crippen LogP) is 3.02. The number of ether oxygens (including phenoxy) is 1. The maximum absolute atomic E-state index is 5.29. The van der Waals surface area contributed by atoms with E-state index in [0.717, 1.165) is 69.8 Å². The normalized spacial score (nSPS) is 19.6. The van der Waals surface area contributed by atoms with Crippen molar-refractivity contribution in [3.05, 3.63) is 53.7 Å². The summed E-state index contributed by atoms with van der Waals surface area (Å²) in [6.45, 7) is 6.97. The lowest BCUT2D eigenvalue weighted by atomic mass is 9.98. The molecule has 1 aromatic heterocycles. The van der Waals surface area contributed by atoms with Crippen molar-refractivity contribution in [2.24, 2.45) is 4.99 Å². The molecule has 32 heavy (non-hydrogen) atoms. The van der Waals surface area contributed by atoms with Gasteiger partial charge in [-0.25, -0.2) is 4.98 Å². The zero-order chi connectivity index (χ0) is 21.6. The topological polar surface area (TPSA) is 56.2 Å². The highest BCUT2D eigenvalue weighted by Gasteiger charge is 2.26. The standard InChI is InChI=1S/C24H34N6O.HI/c1-25-24(30-11-9-21(18-30)20-4-6-22(31-3)7-5-20)27-17-19-8-10-26-23(16-19)29-14-12-28(2)13-15-29;/h4-8,10,16,21H,9,11-15,17-18H2,1-3H3,(H,25,27);1H. The number of pyridine rings is 1. The highest BCUT2D eigenvalue weighted by atomic mass is 127. The van der Waals surface area contributed by atoms with E-state index in [2.05, 4.69) is 61.3 Å². The number of aromatic nitrogens is 1. The second-order valence-corrected chi connectivity index (χ2v) is 8.42. The van der Waals surface area contributed by atoms with Gasteiger partial charge in [-0.1, -0.05) is 12.1 Å². The van der Waals surface area contributed by atoms with Gasteiger partial charge in [-0.2, -0.15) is 0 Å². The van der Waals surface area contributed by atoms with E-state index in [0.29, 0.717) is 5.92 Å². The number of nitrogens with zero attached hydrogens (tertiary/aromatic N) is 5. The van der Waals surface area contributed by atoms with Crippen molar-refractivity contribution in [1.82, 2.24) is 20.1 Å². The Morgan fingerprint density at radius 3 is 2.56 bits per heavy atom. The third-order valence-corrected chi connectivity index (χ3v) is 6.37. The molecule has 0 bridgehead atoms. The molecular formula is C24H35IN6O. The molecule has 1 unspecified atom stereocenters.